The van der Waals surface area contributed by atoms with Crippen LogP contribution in [-0.4, -0.2) is 30.2 Å². The Morgan fingerprint density at radius 3 is 2.64 bits per heavy atom. The van der Waals surface area contributed by atoms with Crippen molar-refractivity contribution in [3.63, 3.8) is 0 Å². The normalized spacial score (nSPS) is 15.1. The number of halogens is 1. The molecule has 2 heterocycles. The predicted molar refractivity (Wildman–Crippen MR) is 87.3 cm³/mol. The third kappa shape index (κ3) is 3.87. The van der Waals surface area contributed by atoms with Crippen molar-refractivity contribution in [2.24, 2.45) is 0 Å². The van der Waals surface area contributed by atoms with Crippen LogP contribution in [0.3, 0.4) is 0 Å². The molecule has 1 aliphatic rings. The second kappa shape index (κ2) is 7.42. The van der Waals surface area contributed by atoms with E-state index in [9.17, 15) is 4.79 Å². The highest BCUT2D eigenvalue weighted by Crippen LogP contribution is 2.19. The number of aromatic nitrogens is 1. The largest absolute Gasteiger partial charge is 0.350 e. The molecule has 3 rings (SSSR count). The summed E-state index contributed by atoms with van der Waals surface area (Å²) < 4.78 is 5.17. The number of hydrogen-bond acceptors (Lipinski definition) is 4. The Hall–Kier alpha value is -1.85. The molecule has 1 aromatic carbocycles. The molecule has 22 heavy (non-hydrogen) atoms. The van der Waals surface area contributed by atoms with E-state index in [1.807, 2.05) is 31.2 Å². The van der Waals surface area contributed by atoms with Gasteiger partial charge >= 0.3 is 0 Å². The van der Waals surface area contributed by atoms with Crippen LogP contribution in [0.2, 0.25) is 0 Å². The van der Waals surface area contributed by atoms with E-state index in [4.69, 9.17) is 4.52 Å². The lowest BCUT2D eigenvalue weighted by atomic mass is 10.1. The van der Waals surface area contributed by atoms with Gasteiger partial charge in [0.25, 0.3) is 5.91 Å². The first-order valence-corrected chi connectivity index (χ1v) is 7.28. The number of nitrogens with one attached hydrogen (secondary N) is 2. The van der Waals surface area contributed by atoms with Gasteiger partial charge in [-0.3, -0.25) is 4.79 Å². The number of piperidine rings is 1. The molecule has 1 fully saturated rings. The molecule has 1 aromatic heterocycles. The number of amides is 1. The molecule has 2 N–H and O–H groups in total. The Morgan fingerprint density at radius 1 is 1.27 bits per heavy atom. The van der Waals surface area contributed by atoms with Crippen molar-refractivity contribution >= 4 is 18.3 Å². The lowest BCUT2D eigenvalue weighted by Gasteiger charge is -2.22. The minimum Gasteiger partial charge on any atom is -0.350 e. The molecule has 1 aliphatic heterocycles. The lowest BCUT2D eigenvalue weighted by molar-refractivity contribution is 0.0892. The van der Waals surface area contributed by atoms with E-state index in [0.29, 0.717) is 5.69 Å². The summed E-state index contributed by atoms with van der Waals surface area (Å²) in [6.07, 6.45) is 1.90. The van der Waals surface area contributed by atoms with Crippen molar-refractivity contribution in [1.29, 1.82) is 0 Å². The van der Waals surface area contributed by atoms with E-state index in [2.05, 4.69) is 15.8 Å². The van der Waals surface area contributed by atoms with E-state index in [1.165, 1.54) is 5.56 Å². The van der Waals surface area contributed by atoms with E-state index < -0.39 is 0 Å². The number of nitrogens with zero attached hydrogens (tertiary/aromatic N) is 1. The van der Waals surface area contributed by atoms with Crippen LogP contribution in [0.5, 0.6) is 0 Å². The van der Waals surface area contributed by atoms with E-state index in [-0.39, 0.29) is 30.1 Å². The van der Waals surface area contributed by atoms with Crippen LogP contribution in [0.4, 0.5) is 0 Å². The summed E-state index contributed by atoms with van der Waals surface area (Å²) in [4.78, 5) is 12.1. The maximum absolute atomic E-state index is 12.1. The molecular weight excluding hydrogens is 302 g/mol. The Kier molecular flexibility index (Phi) is 5.57. The molecule has 0 atom stereocenters. The number of carbonyl (C=O) groups is 1. The number of benzene rings is 1. The van der Waals surface area contributed by atoms with Crippen LogP contribution in [0.15, 0.2) is 34.9 Å². The van der Waals surface area contributed by atoms with Crippen LogP contribution in [0.25, 0.3) is 11.3 Å². The van der Waals surface area contributed by atoms with Gasteiger partial charge in [0.2, 0.25) is 5.76 Å². The van der Waals surface area contributed by atoms with Crippen LogP contribution in [0, 0.1) is 6.92 Å². The van der Waals surface area contributed by atoms with Crippen molar-refractivity contribution in [2.75, 3.05) is 13.1 Å². The zero-order valence-corrected chi connectivity index (χ0v) is 13.3. The van der Waals surface area contributed by atoms with Gasteiger partial charge in [0, 0.05) is 17.7 Å². The molecule has 1 saturated heterocycles. The van der Waals surface area contributed by atoms with E-state index >= 15 is 0 Å². The Morgan fingerprint density at radius 2 is 1.95 bits per heavy atom. The number of rotatable bonds is 3. The van der Waals surface area contributed by atoms with Gasteiger partial charge in [-0.25, -0.2) is 0 Å². The van der Waals surface area contributed by atoms with Crippen LogP contribution in [0.1, 0.15) is 29.0 Å². The predicted octanol–water partition coefficient (Wildman–Crippen LogP) is 2.55. The first-order chi connectivity index (χ1) is 10.2. The van der Waals surface area contributed by atoms with Crippen LogP contribution >= 0.6 is 12.4 Å². The Balaban J connectivity index is 0.00000176. The smallest absolute Gasteiger partial charge is 0.290 e. The summed E-state index contributed by atoms with van der Waals surface area (Å²) in [5, 5.41) is 10.2. The summed E-state index contributed by atoms with van der Waals surface area (Å²) in [5.41, 5.74) is 2.82. The molecule has 118 valence electrons. The molecular formula is C16H20ClN3O2. The summed E-state index contributed by atoms with van der Waals surface area (Å²) in [7, 11) is 0. The van der Waals surface area contributed by atoms with Crippen molar-refractivity contribution in [3.05, 3.63) is 41.7 Å². The minimum atomic E-state index is -0.187. The topological polar surface area (TPSA) is 67.2 Å². The monoisotopic (exact) mass is 321 g/mol. The molecule has 0 spiro atoms. The summed E-state index contributed by atoms with van der Waals surface area (Å²) in [5.74, 6) is 0.0804. The molecule has 1 amide bonds. The van der Waals surface area contributed by atoms with Crippen molar-refractivity contribution in [1.82, 2.24) is 15.8 Å². The third-order valence-electron chi connectivity index (χ3n) is 3.76. The van der Waals surface area contributed by atoms with Crippen molar-refractivity contribution in [2.45, 2.75) is 25.8 Å². The van der Waals surface area contributed by atoms with Gasteiger partial charge in [0.1, 0.15) is 5.69 Å². The Labute approximate surface area is 135 Å². The van der Waals surface area contributed by atoms with Gasteiger partial charge in [-0.1, -0.05) is 35.0 Å². The molecule has 0 bridgehead atoms. The zero-order valence-electron chi connectivity index (χ0n) is 12.5. The minimum absolute atomic E-state index is 0. The molecule has 0 saturated carbocycles. The number of aryl methyl sites for hydroxylation is 1. The van der Waals surface area contributed by atoms with Crippen molar-refractivity contribution in [3.8, 4) is 11.3 Å². The Bertz CT molecular complexity index is 619. The first kappa shape index (κ1) is 16.5. The second-order valence-electron chi connectivity index (χ2n) is 5.44. The second-order valence-corrected chi connectivity index (χ2v) is 5.44. The van der Waals surface area contributed by atoms with Crippen LogP contribution < -0.4 is 10.6 Å². The highest BCUT2D eigenvalue weighted by atomic mass is 35.5. The lowest BCUT2D eigenvalue weighted by Crippen LogP contribution is -2.42. The van der Waals surface area contributed by atoms with Gasteiger partial charge in [0.15, 0.2) is 0 Å². The highest BCUT2D eigenvalue weighted by molar-refractivity contribution is 5.92. The maximum Gasteiger partial charge on any atom is 0.290 e. The molecule has 0 unspecified atom stereocenters. The molecule has 0 aliphatic carbocycles. The molecule has 0 radical (unpaired) electrons. The fourth-order valence-corrected chi connectivity index (χ4v) is 2.47. The SMILES string of the molecule is Cc1ccc(-c2cc(C(=O)NC3CCNCC3)on2)cc1.Cl. The van der Waals surface area contributed by atoms with Gasteiger partial charge < -0.3 is 15.2 Å². The summed E-state index contributed by atoms with van der Waals surface area (Å²) in [6.45, 7) is 3.91. The molecule has 6 heteroatoms. The highest BCUT2D eigenvalue weighted by Gasteiger charge is 2.19. The van der Waals surface area contributed by atoms with Gasteiger partial charge in [-0.05, 0) is 32.9 Å². The van der Waals surface area contributed by atoms with Gasteiger partial charge in [-0.15, -0.1) is 12.4 Å². The summed E-state index contributed by atoms with van der Waals surface area (Å²) in [6, 6.07) is 9.88. The molecule has 5 nitrogen and oxygen atoms in total. The maximum atomic E-state index is 12.1. The van der Waals surface area contributed by atoms with E-state index in [0.717, 1.165) is 31.5 Å². The van der Waals surface area contributed by atoms with Crippen LogP contribution in [-0.2, 0) is 0 Å². The zero-order chi connectivity index (χ0) is 14.7. The fourth-order valence-electron chi connectivity index (χ4n) is 2.47. The van der Waals surface area contributed by atoms with Gasteiger partial charge in [0.05, 0.1) is 0 Å². The average molecular weight is 322 g/mol. The van der Waals surface area contributed by atoms with Gasteiger partial charge in [-0.2, -0.15) is 0 Å². The number of carbonyl (C=O) groups excluding carboxylic acids is 1. The number of hydrogen-bond donors (Lipinski definition) is 2. The third-order valence-corrected chi connectivity index (χ3v) is 3.76. The summed E-state index contributed by atoms with van der Waals surface area (Å²) >= 11 is 0. The quantitative estimate of drug-likeness (QED) is 0.911. The fraction of sp³-hybridized carbons (Fsp3) is 0.375. The standard InChI is InChI=1S/C16H19N3O2.ClH/c1-11-2-4-12(5-3-11)14-10-15(21-19-14)16(20)18-13-6-8-17-9-7-13;/h2-5,10,13,17H,6-9H2,1H3,(H,18,20);1H. The molecule has 2 aromatic rings. The first-order valence-electron chi connectivity index (χ1n) is 7.28. The van der Waals surface area contributed by atoms with E-state index in [1.54, 1.807) is 6.07 Å². The van der Waals surface area contributed by atoms with Crippen molar-refractivity contribution < 1.29 is 9.32 Å². The average Bonchev–Trinajstić information content (AvgIpc) is 2.99.